The maximum absolute atomic E-state index is 12.6. The van der Waals surface area contributed by atoms with Gasteiger partial charge in [0.05, 0.1) is 10.7 Å². The second-order valence-corrected chi connectivity index (χ2v) is 7.60. The fourth-order valence-corrected chi connectivity index (χ4v) is 2.90. The molecule has 1 aliphatic rings. The molecule has 4 amide bonds. The minimum Gasteiger partial charge on any atom is -0.323 e. The number of rotatable bonds is 6. The first-order chi connectivity index (χ1) is 11.6. The van der Waals surface area contributed by atoms with E-state index in [0.717, 1.165) is 11.3 Å². The van der Waals surface area contributed by atoms with Crippen molar-refractivity contribution in [2.75, 3.05) is 11.9 Å². The monoisotopic (exact) mass is 385 g/mol. The third-order valence-electron chi connectivity index (χ3n) is 4.07. The van der Waals surface area contributed by atoms with Gasteiger partial charge >= 0.3 is 6.03 Å². The number of benzene rings is 1. The zero-order valence-corrected chi connectivity index (χ0v) is 15.9. The Morgan fingerprint density at radius 3 is 2.64 bits per heavy atom. The molecule has 0 radical (unpaired) electrons. The second kappa shape index (κ2) is 7.62. The first-order valence-electron chi connectivity index (χ1n) is 8.01. The van der Waals surface area contributed by atoms with E-state index in [2.05, 4.69) is 10.6 Å². The molecule has 0 spiro atoms. The molecule has 1 unspecified atom stereocenters. The van der Waals surface area contributed by atoms with Crippen molar-refractivity contribution in [3.8, 4) is 0 Å². The molecule has 0 aromatic heterocycles. The van der Waals surface area contributed by atoms with Gasteiger partial charge in [-0.3, -0.25) is 14.5 Å². The molecule has 8 heteroatoms. The predicted molar refractivity (Wildman–Crippen MR) is 97.8 cm³/mol. The fourth-order valence-electron chi connectivity index (χ4n) is 2.56. The molecule has 0 saturated carbocycles. The Kier molecular flexibility index (Phi) is 5.95. The largest absolute Gasteiger partial charge is 0.325 e. The standard InChI is InChI=1S/C17H21Cl2N3O3/c1-10(2)6-7-17(3)15(24)22(16(25)21-17)9-14(23)20-13-8-11(18)4-5-12(13)19/h4-5,8,10H,6-7,9H2,1-3H3,(H,20,23)(H,21,25). The van der Waals surface area contributed by atoms with Gasteiger partial charge in [-0.1, -0.05) is 37.0 Å². The van der Waals surface area contributed by atoms with E-state index >= 15 is 0 Å². The number of imide groups is 1. The van der Waals surface area contributed by atoms with E-state index in [9.17, 15) is 14.4 Å². The van der Waals surface area contributed by atoms with Gasteiger partial charge in [-0.05, 0) is 43.9 Å². The summed E-state index contributed by atoms with van der Waals surface area (Å²) in [5.41, 5.74) is -0.649. The van der Waals surface area contributed by atoms with Gasteiger partial charge in [0.25, 0.3) is 5.91 Å². The van der Waals surface area contributed by atoms with E-state index in [4.69, 9.17) is 23.2 Å². The third-order valence-corrected chi connectivity index (χ3v) is 4.64. The number of nitrogens with one attached hydrogen (secondary N) is 2. The molecule has 1 aromatic carbocycles. The lowest BCUT2D eigenvalue weighted by atomic mass is 9.92. The van der Waals surface area contributed by atoms with Crippen molar-refractivity contribution in [2.45, 2.75) is 39.2 Å². The Labute approximate surface area is 156 Å². The number of hydrogen-bond acceptors (Lipinski definition) is 3. The normalized spacial score (nSPS) is 20.2. The van der Waals surface area contributed by atoms with Crippen LogP contribution in [0.1, 0.15) is 33.6 Å². The minimum absolute atomic E-state index is 0.316. The quantitative estimate of drug-likeness (QED) is 0.733. The Morgan fingerprint density at radius 1 is 1.32 bits per heavy atom. The highest BCUT2D eigenvalue weighted by Gasteiger charge is 2.47. The Balaban J connectivity index is 2.04. The molecule has 0 bridgehead atoms. The van der Waals surface area contributed by atoms with Crippen LogP contribution in [0.2, 0.25) is 10.0 Å². The zero-order chi connectivity index (χ0) is 18.8. The molecule has 1 aromatic rings. The van der Waals surface area contributed by atoms with Crippen LogP contribution >= 0.6 is 23.2 Å². The van der Waals surface area contributed by atoms with E-state index in [1.807, 2.05) is 13.8 Å². The first-order valence-corrected chi connectivity index (χ1v) is 8.77. The van der Waals surface area contributed by atoms with E-state index in [0.29, 0.717) is 28.1 Å². The SMILES string of the molecule is CC(C)CCC1(C)NC(=O)N(CC(=O)Nc2cc(Cl)ccc2Cl)C1=O. The summed E-state index contributed by atoms with van der Waals surface area (Å²) in [5.74, 6) is -0.518. The molecule has 136 valence electrons. The number of carbonyl (C=O) groups is 3. The third kappa shape index (κ3) is 4.64. The summed E-state index contributed by atoms with van der Waals surface area (Å²) in [6, 6.07) is 4.08. The number of carbonyl (C=O) groups excluding carboxylic acids is 3. The summed E-state index contributed by atoms with van der Waals surface area (Å²) < 4.78 is 0. The van der Waals surface area contributed by atoms with Gasteiger partial charge < -0.3 is 10.6 Å². The van der Waals surface area contributed by atoms with Gasteiger partial charge in [-0.25, -0.2) is 4.79 Å². The van der Waals surface area contributed by atoms with Gasteiger partial charge in [-0.2, -0.15) is 0 Å². The average Bonchev–Trinajstić information content (AvgIpc) is 2.73. The number of hydrogen-bond donors (Lipinski definition) is 2. The first kappa shape index (κ1) is 19.5. The predicted octanol–water partition coefficient (Wildman–Crippen LogP) is 3.68. The van der Waals surface area contributed by atoms with Gasteiger partial charge in [0.2, 0.25) is 5.91 Å². The Morgan fingerprint density at radius 2 is 2.00 bits per heavy atom. The van der Waals surface area contributed by atoms with E-state index < -0.39 is 23.4 Å². The van der Waals surface area contributed by atoms with Crippen LogP contribution in [0, 0.1) is 5.92 Å². The lowest BCUT2D eigenvalue weighted by molar-refractivity contribution is -0.133. The van der Waals surface area contributed by atoms with Gasteiger partial charge in [-0.15, -0.1) is 0 Å². The molecular weight excluding hydrogens is 365 g/mol. The Hall–Kier alpha value is -1.79. The maximum Gasteiger partial charge on any atom is 0.325 e. The van der Waals surface area contributed by atoms with Crippen molar-refractivity contribution in [1.29, 1.82) is 0 Å². The molecule has 0 aliphatic carbocycles. The molecule has 6 nitrogen and oxygen atoms in total. The minimum atomic E-state index is -0.977. The molecule has 2 rings (SSSR count). The van der Waals surface area contributed by atoms with Crippen molar-refractivity contribution in [1.82, 2.24) is 10.2 Å². The van der Waals surface area contributed by atoms with Crippen LogP contribution in [0.15, 0.2) is 18.2 Å². The van der Waals surface area contributed by atoms with Crippen LogP contribution in [0.4, 0.5) is 10.5 Å². The van der Waals surface area contributed by atoms with Crippen molar-refractivity contribution in [3.63, 3.8) is 0 Å². The molecule has 1 fully saturated rings. The lowest BCUT2D eigenvalue weighted by Gasteiger charge is -2.22. The summed E-state index contributed by atoms with van der Waals surface area (Å²) in [5, 5.41) is 5.98. The van der Waals surface area contributed by atoms with Crippen molar-refractivity contribution >= 4 is 46.7 Å². The van der Waals surface area contributed by atoms with Gasteiger partial charge in [0.15, 0.2) is 0 Å². The highest BCUT2D eigenvalue weighted by molar-refractivity contribution is 6.35. The smallest absolute Gasteiger partial charge is 0.323 e. The van der Waals surface area contributed by atoms with Crippen molar-refractivity contribution in [2.24, 2.45) is 5.92 Å². The molecule has 1 saturated heterocycles. The highest BCUT2D eigenvalue weighted by Crippen LogP contribution is 2.27. The number of amides is 4. The van der Waals surface area contributed by atoms with Gasteiger partial charge in [0.1, 0.15) is 12.1 Å². The van der Waals surface area contributed by atoms with E-state index in [1.54, 1.807) is 19.1 Å². The number of halogens is 2. The summed E-state index contributed by atoms with van der Waals surface area (Å²) in [7, 11) is 0. The van der Waals surface area contributed by atoms with Crippen molar-refractivity contribution in [3.05, 3.63) is 28.2 Å². The summed E-state index contributed by atoms with van der Waals surface area (Å²) in [6.45, 7) is 5.39. The molecule has 1 heterocycles. The van der Waals surface area contributed by atoms with Crippen LogP contribution < -0.4 is 10.6 Å². The zero-order valence-electron chi connectivity index (χ0n) is 14.4. The second-order valence-electron chi connectivity index (χ2n) is 6.76. The fraction of sp³-hybridized carbons (Fsp3) is 0.471. The Bertz CT molecular complexity index is 708. The van der Waals surface area contributed by atoms with Crippen molar-refractivity contribution < 1.29 is 14.4 Å². The lowest BCUT2D eigenvalue weighted by Crippen LogP contribution is -2.44. The molecule has 1 aliphatic heterocycles. The molecule has 2 N–H and O–H groups in total. The number of anilines is 1. The van der Waals surface area contributed by atoms with Crippen LogP contribution in [0.3, 0.4) is 0 Å². The molecular formula is C17H21Cl2N3O3. The van der Waals surface area contributed by atoms with Crippen LogP contribution in [0.5, 0.6) is 0 Å². The van der Waals surface area contributed by atoms with Crippen LogP contribution in [-0.2, 0) is 9.59 Å². The number of nitrogens with zero attached hydrogens (tertiary/aromatic N) is 1. The summed E-state index contributed by atoms with van der Waals surface area (Å²) in [4.78, 5) is 37.8. The maximum atomic E-state index is 12.6. The average molecular weight is 386 g/mol. The topological polar surface area (TPSA) is 78.5 Å². The number of urea groups is 1. The van der Waals surface area contributed by atoms with Crippen LogP contribution in [-0.4, -0.2) is 34.8 Å². The van der Waals surface area contributed by atoms with Gasteiger partial charge in [0, 0.05) is 5.02 Å². The summed E-state index contributed by atoms with van der Waals surface area (Å²) in [6.07, 6.45) is 1.31. The molecule has 25 heavy (non-hydrogen) atoms. The van der Waals surface area contributed by atoms with E-state index in [1.165, 1.54) is 6.07 Å². The summed E-state index contributed by atoms with van der Waals surface area (Å²) >= 11 is 11.9. The molecule has 1 atom stereocenters. The highest BCUT2D eigenvalue weighted by atomic mass is 35.5. The van der Waals surface area contributed by atoms with E-state index in [-0.39, 0.29) is 6.54 Å². The van der Waals surface area contributed by atoms with Crippen LogP contribution in [0.25, 0.3) is 0 Å².